The maximum atomic E-state index is 12.6. The minimum atomic E-state index is -4.64. The summed E-state index contributed by atoms with van der Waals surface area (Å²) in [6, 6.07) is 9.40. The van der Waals surface area contributed by atoms with Crippen LogP contribution in [0.2, 0.25) is 0 Å². The Hall–Kier alpha value is -4.31. The number of fused-ring (bicyclic) bond motifs is 3. The Morgan fingerprint density at radius 3 is 2.23 bits per heavy atom. The summed E-state index contributed by atoms with van der Waals surface area (Å²) in [6.45, 7) is 12.6. The zero-order chi connectivity index (χ0) is 46.5. The molecule has 0 unspecified atom stereocenters. The minimum Gasteiger partial charge on any atom is -0.744 e. The normalized spacial score (nSPS) is 21.2. The number of nitrogens with one attached hydrogen (secondary N) is 4. The molecule has 4 aliphatic rings. The van der Waals surface area contributed by atoms with E-state index in [9.17, 15) is 40.3 Å². The molecule has 2 fully saturated rings. The first-order valence-electron chi connectivity index (χ1n) is 22.1. The number of carbonyl (C=O) groups is 3. The first-order valence-corrected chi connectivity index (χ1v) is 26.0. The fourth-order valence-corrected chi connectivity index (χ4v) is 11.8. The Labute approximate surface area is 387 Å². The second-order valence-electron chi connectivity index (χ2n) is 17.7. The monoisotopic (exact) mass is 959 g/mol. The van der Waals surface area contributed by atoms with Crippen molar-refractivity contribution in [3.63, 3.8) is 0 Å². The van der Waals surface area contributed by atoms with E-state index in [1.165, 1.54) is 24.3 Å². The quantitative estimate of drug-likeness (QED) is 0.0386. The van der Waals surface area contributed by atoms with Crippen LogP contribution in [0.25, 0.3) is 0 Å². The lowest BCUT2D eigenvalue weighted by molar-refractivity contribution is -0.433. The standard InChI is InChI=1S/C45H62N6O10S3.H3N/c1-6-50-35-21-19-30(63(55,56)57)27-33(35)45(4,5)38(50)14-12-15-39-44(2,3)32-20-18-31(64(58,59)60)28-36(32)51(39)24-11-7-8-16-40(52)46-22-25-61-26-23-47-41(53)17-10-9-13-37-42-34(29-62-37)48-43(54)49-42;/h12,14-15,18-21,27-28,34,37,42H,6-11,13,16-17,22-26,29H2,1-5H3,(H5-,46,47,48,49,52,53,54,55,56,57,58,59,60);1H3/t34-,37-,42-;/m0./s1. The van der Waals surface area contributed by atoms with Crippen LogP contribution >= 0.6 is 11.8 Å². The van der Waals surface area contributed by atoms with E-state index in [0.29, 0.717) is 76.0 Å². The molecule has 4 heterocycles. The van der Waals surface area contributed by atoms with Crippen LogP contribution < -0.4 is 32.3 Å². The molecule has 2 aromatic carbocycles. The Kier molecular flexibility index (Phi) is 17.1. The van der Waals surface area contributed by atoms with Crippen LogP contribution in [0, 0.1) is 0 Å². The summed E-state index contributed by atoms with van der Waals surface area (Å²) >= 11 is 1.87. The second-order valence-corrected chi connectivity index (χ2v) is 21.8. The molecule has 2 saturated heterocycles. The average Bonchev–Trinajstić information content (AvgIpc) is 3.91. The van der Waals surface area contributed by atoms with Crippen LogP contribution in [-0.2, 0) is 45.4 Å². The van der Waals surface area contributed by atoms with Crippen LogP contribution in [0.4, 0.5) is 16.2 Å². The van der Waals surface area contributed by atoms with Crippen LogP contribution in [0.1, 0.15) is 97.1 Å². The van der Waals surface area contributed by atoms with E-state index in [1.54, 1.807) is 12.1 Å². The zero-order valence-corrected chi connectivity index (χ0v) is 40.4. The highest BCUT2D eigenvalue weighted by Gasteiger charge is 2.45. The number of urea groups is 1. The number of rotatable bonds is 22. The van der Waals surface area contributed by atoms with Crippen molar-refractivity contribution < 1.29 is 49.6 Å². The number of amides is 4. The van der Waals surface area contributed by atoms with E-state index >= 15 is 0 Å². The van der Waals surface area contributed by atoms with Gasteiger partial charge in [0.2, 0.25) is 17.5 Å². The van der Waals surface area contributed by atoms with Crippen LogP contribution in [0.15, 0.2) is 70.1 Å². The smallest absolute Gasteiger partial charge is 0.315 e. The van der Waals surface area contributed by atoms with Crippen LogP contribution in [0.5, 0.6) is 0 Å². The van der Waals surface area contributed by atoms with Gasteiger partial charge in [0, 0.05) is 78.0 Å². The molecule has 2 aromatic rings. The van der Waals surface area contributed by atoms with Crippen molar-refractivity contribution in [2.45, 2.75) is 124 Å². The van der Waals surface area contributed by atoms with Crippen molar-refractivity contribution >= 4 is 66.9 Å². The predicted octanol–water partition coefficient (Wildman–Crippen LogP) is 5.17. The summed E-state index contributed by atoms with van der Waals surface area (Å²) in [5, 5.41) is 12.1. The van der Waals surface area contributed by atoms with E-state index in [1.807, 2.05) is 50.8 Å². The van der Waals surface area contributed by atoms with E-state index < -0.39 is 31.1 Å². The van der Waals surface area contributed by atoms with Gasteiger partial charge in [0.1, 0.15) is 16.7 Å². The highest BCUT2D eigenvalue weighted by Crippen LogP contribution is 2.49. The average molecular weight is 960 g/mol. The van der Waals surface area contributed by atoms with Gasteiger partial charge in [-0.25, -0.2) is 13.2 Å². The maximum Gasteiger partial charge on any atom is 0.315 e. The molecule has 0 bridgehead atoms. The number of allylic oxidation sites excluding steroid dienone is 4. The lowest BCUT2D eigenvalue weighted by Gasteiger charge is -2.27. The lowest BCUT2D eigenvalue weighted by atomic mass is 9.81. The number of thioether (sulfide) groups is 1. The zero-order valence-electron chi connectivity index (χ0n) is 38.0. The molecule has 4 amide bonds. The number of hydrogen-bond acceptors (Lipinski definition) is 12. The topological polar surface area (TPSA) is 261 Å². The van der Waals surface area contributed by atoms with E-state index in [-0.39, 0.29) is 45.9 Å². The molecule has 0 aromatic heterocycles. The highest BCUT2D eigenvalue weighted by molar-refractivity contribution is 8.00. The van der Waals surface area contributed by atoms with E-state index in [0.717, 1.165) is 59.7 Å². The molecule has 0 spiro atoms. The van der Waals surface area contributed by atoms with Crippen LogP contribution in [0.3, 0.4) is 0 Å². The summed E-state index contributed by atoms with van der Waals surface area (Å²) in [7, 11) is -9.10. The Morgan fingerprint density at radius 2 is 1.58 bits per heavy atom. The molecule has 6 rings (SSSR count). The van der Waals surface area contributed by atoms with Gasteiger partial charge in [0.05, 0.1) is 40.5 Å². The van der Waals surface area contributed by atoms with Crippen molar-refractivity contribution in [2.75, 3.05) is 50.0 Å². The number of anilines is 1. The fraction of sp³-hybridized carbons (Fsp3) is 0.556. The molecule has 20 heteroatoms. The highest BCUT2D eigenvalue weighted by atomic mass is 32.2. The molecule has 8 N–H and O–H groups in total. The van der Waals surface area contributed by atoms with E-state index in [4.69, 9.17) is 4.74 Å². The largest absolute Gasteiger partial charge is 0.744 e. The Balaban J connectivity index is 0.00000793. The third kappa shape index (κ3) is 12.2. The summed E-state index contributed by atoms with van der Waals surface area (Å²) in [5.41, 5.74) is 3.81. The molecule has 17 nitrogen and oxygen atoms in total. The van der Waals surface area contributed by atoms with Crippen molar-refractivity contribution in [3.8, 4) is 0 Å². The molecular formula is C45H65N7O10S3. The summed E-state index contributed by atoms with van der Waals surface area (Å²) in [4.78, 5) is 38.0. The SMILES string of the molecule is CC[N+]1=C(/C=C/C=C2\N(CCCCCC(=O)NCCOCCNC(=O)CCCC[C@@H]3SC[C@@H]4NC(=O)N[C@@H]43)c3cc(S(=O)(=O)O)ccc3C2(C)C)C(C)(C)c2cc(S(=O)(=O)[O-])ccc21.N. The van der Waals surface area contributed by atoms with Gasteiger partial charge >= 0.3 is 6.03 Å². The van der Waals surface area contributed by atoms with Gasteiger partial charge in [-0.05, 0) is 82.4 Å². The first kappa shape index (κ1) is 51.7. The van der Waals surface area contributed by atoms with Gasteiger partial charge in [-0.3, -0.25) is 14.1 Å². The molecular weight excluding hydrogens is 895 g/mol. The number of carbonyl (C=O) groups excluding carboxylic acids is 3. The maximum absolute atomic E-state index is 12.6. The number of unbranched alkanes of at least 4 members (excludes halogenated alkanes) is 3. The Morgan fingerprint density at radius 1 is 0.923 bits per heavy atom. The molecule has 358 valence electrons. The molecule has 4 aliphatic heterocycles. The number of ether oxygens (including phenoxy) is 1. The predicted molar refractivity (Wildman–Crippen MR) is 251 cm³/mol. The van der Waals surface area contributed by atoms with Crippen molar-refractivity contribution in [2.24, 2.45) is 0 Å². The minimum absolute atomic E-state index is 0. The van der Waals surface area contributed by atoms with Gasteiger partial charge in [-0.2, -0.15) is 24.8 Å². The fourth-order valence-electron chi connectivity index (χ4n) is 9.26. The van der Waals surface area contributed by atoms with Crippen molar-refractivity contribution in [1.29, 1.82) is 0 Å². The Bertz CT molecular complexity index is 2420. The van der Waals surface area contributed by atoms with Crippen LogP contribution in [-0.4, -0.2) is 117 Å². The number of benzene rings is 2. The second kappa shape index (κ2) is 21.5. The van der Waals surface area contributed by atoms with Gasteiger partial charge < -0.3 is 41.6 Å². The van der Waals surface area contributed by atoms with Gasteiger partial charge in [-0.15, -0.1) is 0 Å². The van der Waals surface area contributed by atoms with Crippen molar-refractivity contribution in [1.82, 2.24) is 27.4 Å². The van der Waals surface area contributed by atoms with Gasteiger partial charge in [0.25, 0.3) is 10.1 Å². The first-order chi connectivity index (χ1) is 30.2. The third-order valence-electron chi connectivity index (χ3n) is 12.6. The third-order valence-corrected chi connectivity index (χ3v) is 15.8. The summed E-state index contributed by atoms with van der Waals surface area (Å²) in [6.07, 6.45) is 11.4. The molecule has 65 heavy (non-hydrogen) atoms. The molecule has 0 aliphatic carbocycles. The molecule has 0 radical (unpaired) electrons. The summed E-state index contributed by atoms with van der Waals surface area (Å²) in [5.74, 6) is 0.813. The number of hydrogen-bond donors (Lipinski definition) is 6. The lowest BCUT2D eigenvalue weighted by Crippen LogP contribution is -2.36. The number of nitrogens with zero attached hydrogens (tertiary/aromatic N) is 2. The van der Waals surface area contributed by atoms with Crippen molar-refractivity contribution in [3.05, 3.63) is 71.5 Å². The molecule has 0 saturated carbocycles. The van der Waals surface area contributed by atoms with E-state index in [2.05, 4.69) is 44.6 Å². The molecule has 3 atom stereocenters. The van der Waals surface area contributed by atoms with Gasteiger partial charge in [0.15, 0.2) is 5.71 Å². The summed E-state index contributed by atoms with van der Waals surface area (Å²) < 4.78 is 77.6. The van der Waals surface area contributed by atoms with Gasteiger partial charge in [-0.1, -0.05) is 38.8 Å².